The third-order valence-electron chi connectivity index (χ3n) is 13.0. The van der Waals surface area contributed by atoms with Crippen LogP contribution in [0.2, 0.25) is 0 Å². The standard InChI is InChI=1S/C48H88N7O17P3S/c1-4-5-6-7-8-9-10-11-12-13-14-15-16-17-18-19-20-21-22-23-24-25-26-27-28-39(57)76-32-31-50-38(56)29-30-51-46(60)43(59)48(2,3)34-69-75(66,67)72-74(64,65)68-33-37-42(71-73(61,62)63)41(58)47(70-37)55-36-54-40-44(49)52-35-53-45(40)55/h35-37,41-43,47,58-59H,4-34H2,1-3H3,(H,50,56)(H,51,60)(H,64,65)(H,66,67)(H2,49,52,53)(H2,61,62,63). The van der Waals surface area contributed by atoms with Crippen LogP contribution < -0.4 is 16.4 Å². The fourth-order valence-corrected chi connectivity index (χ4v) is 12.1. The molecule has 7 atom stereocenters. The third-order valence-corrected chi connectivity index (χ3v) is 17.0. The van der Waals surface area contributed by atoms with Gasteiger partial charge in [-0.3, -0.25) is 32.5 Å². The number of phosphoric ester groups is 3. The maximum Gasteiger partial charge on any atom is 0.481 e. The molecule has 438 valence electrons. The lowest BCUT2D eigenvalue weighted by Gasteiger charge is -2.30. The maximum atomic E-state index is 12.8. The Morgan fingerprint density at radius 3 is 1.79 bits per heavy atom. The molecule has 1 fully saturated rings. The normalized spacial score (nSPS) is 19.1. The van der Waals surface area contributed by atoms with Gasteiger partial charge < -0.3 is 50.9 Å². The molecule has 0 bridgehead atoms. The zero-order chi connectivity index (χ0) is 56.0. The highest BCUT2D eigenvalue weighted by atomic mass is 32.2. The van der Waals surface area contributed by atoms with Crippen LogP contribution in [0.15, 0.2) is 12.7 Å². The van der Waals surface area contributed by atoms with Crippen molar-refractivity contribution in [2.45, 2.75) is 218 Å². The Kier molecular flexibility index (Phi) is 32.2. The molecule has 1 saturated heterocycles. The molecule has 1 aliphatic heterocycles. The molecule has 2 aromatic heterocycles. The number of nitrogen functional groups attached to an aromatic ring is 1. The molecule has 1 aliphatic rings. The number of imidazole rings is 1. The second-order valence-corrected chi connectivity index (χ2v) is 25.6. The molecule has 2 aromatic rings. The zero-order valence-corrected chi connectivity index (χ0v) is 48.3. The Balaban J connectivity index is 1.19. The SMILES string of the molecule is CCCCCCCCCCCCCCCCCCCCCCCCCCC(=O)SCCNC(=O)CCNC(=O)C(O)C(C)(C)COP(=O)(O)OP(=O)(O)OCC1OC(n2cnc3c(N)ncnc32)C(O)C1OP(=O)(O)O. The number of carbonyl (C=O) groups is 3. The summed E-state index contributed by atoms with van der Waals surface area (Å²) in [5.41, 5.74) is 4.30. The second-order valence-electron chi connectivity index (χ2n) is 20.2. The van der Waals surface area contributed by atoms with Crippen molar-refractivity contribution in [1.82, 2.24) is 30.2 Å². The number of fused-ring (bicyclic) bond motifs is 1. The molecule has 0 aliphatic carbocycles. The molecule has 0 saturated carbocycles. The minimum absolute atomic E-state index is 0.0348. The van der Waals surface area contributed by atoms with Crippen LogP contribution in [0.5, 0.6) is 0 Å². The van der Waals surface area contributed by atoms with Crippen LogP contribution in [0.4, 0.5) is 5.82 Å². The van der Waals surface area contributed by atoms with E-state index in [0.29, 0.717) is 12.2 Å². The van der Waals surface area contributed by atoms with Gasteiger partial charge in [0, 0.05) is 37.1 Å². The molecular weight excluding hydrogens is 1070 g/mol. The number of ether oxygens (including phenoxy) is 1. The van der Waals surface area contributed by atoms with Crippen LogP contribution in [0.25, 0.3) is 11.2 Å². The second kappa shape index (κ2) is 36.0. The van der Waals surface area contributed by atoms with Gasteiger partial charge in [-0.15, -0.1) is 0 Å². The van der Waals surface area contributed by atoms with E-state index in [9.17, 15) is 57.9 Å². The summed E-state index contributed by atoms with van der Waals surface area (Å²) in [5.74, 6) is -1.01. The van der Waals surface area contributed by atoms with E-state index >= 15 is 0 Å². The number of carbonyl (C=O) groups excluding carboxylic acids is 3. The Morgan fingerprint density at radius 2 is 1.26 bits per heavy atom. The number of aromatic nitrogens is 4. The number of aliphatic hydroxyl groups is 2. The van der Waals surface area contributed by atoms with Gasteiger partial charge >= 0.3 is 23.5 Å². The van der Waals surface area contributed by atoms with Crippen molar-refractivity contribution in [3.05, 3.63) is 12.7 Å². The average Bonchev–Trinajstić information content (AvgIpc) is 3.92. The molecule has 7 unspecified atom stereocenters. The lowest BCUT2D eigenvalue weighted by atomic mass is 9.87. The van der Waals surface area contributed by atoms with E-state index in [2.05, 4.69) is 41.3 Å². The van der Waals surface area contributed by atoms with Crippen LogP contribution in [-0.4, -0.2) is 123 Å². The molecule has 0 spiro atoms. The van der Waals surface area contributed by atoms with Crippen molar-refractivity contribution >= 4 is 69.1 Å². The monoisotopic (exact) mass is 1160 g/mol. The third kappa shape index (κ3) is 27.6. The average molecular weight is 1160 g/mol. The molecule has 0 aromatic carbocycles. The van der Waals surface area contributed by atoms with E-state index in [1.54, 1.807) is 0 Å². The van der Waals surface area contributed by atoms with Crippen LogP contribution >= 0.6 is 35.2 Å². The van der Waals surface area contributed by atoms with Gasteiger partial charge in [0.2, 0.25) is 11.8 Å². The van der Waals surface area contributed by atoms with Crippen molar-refractivity contribution in [2.75, 3.05) is 37.8 Å². The van der Waals surface area contributed by atoms with Crippen molar-refractivity contribution in [3.8, 4) is 0 Å². The van der Waals surface area contributed by atoms with Gasteiger partial charge in [-0.1, -0.05) is 180 Å². The number of rotatable bonds is 44. The minimum Gasteiger partial charge on any atom is -0.386 e. The van der Waals surface area contributed by atoms with E-state index in [1.807, 2.05) is 0 Å². The number of unbranched alkanes of at least 4 members (excludes halogenated alkanes) is 23. The largest absolute Gasteiger partial charge is 0.481 e. The first kappa shape index (κ1) is 67.8. The lowest BCUT2D eigenvalue weighted by molar-refractivity contribution is -0.137. The number of nitrogens with two attached hydrogens (primary N) is 1. The first-order chi connectivity index (χ1) is 36.1. The highest BCUT2D eigenvalue weighted by Gasteiger charge is 2.50. The van der Waals surface area contributed by atoms with Crippen molar-refractivity contribution in [2.24, 2.45) is 5.41 Å². The van der Waals surface area contributed by atoms with Crippen LogP contribution in [0, 0.1) is 5.41 Å². The van der Waals surface area contributed by atoms with Crippen molar-refractivity contribution in [1.29, 1.82) is 0 Å². The van der Waals surface area contributed by atoms with E-state index in [4.69, 9.17) is 19.5 Å². The number of hydrogen-bond donors (Lipinski definition) is 9. The van der Waals surface area contributed by atoms with Crippen molar-refractivity contribution in [3.63, 3.8) is 0 Å². The fraction of sp³-hybridized carbons (Fsp3) is 0.833. The zero-order valence-electron chi connectivity index (χ0n) is 44.8. The number of aliphatic hydroxyl groups excluding tert-OH is 2. The Hall–Kier alpha value is -2.44. The van der Waals surface area contributed by atoms with Gasteiger partial charge in [0.15, 0.2) is 22.8 Å². The number of phosphoric acid groups is 3. The smallest absolute Gasteiger partial charge is 0.386 e. The maximum absolute atomic E-state index is 12.8. The topological polar surface area (TPSA) is 364 Å². The summed E-state index contributed by atoms with van der Waals surface area (Å²) < 4.78 is 62.6. The summed E-state index contributed by atoms with van der Waals surface area (Å²) in [6.45, 7) is 2.87. The highest BCUT2D eigenvalue weighted by Crippen LogP contribution is 2.61. The van der Waals surface area contributed by atoms with E-state index < -0.39 is 84.6 Å². The Bertz CT molecular complexity index is 2160. The van der Waals surface area contributed by atoms with E-state index in [-0.39, 0.29) is 41.6 Å². The lowest BCUT2D eigenvalue weighted by Crippen LogP contribution is -2.46. The Labute approximate surface area is 452 Å². The predicted molar refractivity (Wildman–Crippen MR) is 288 cm³/mol. The van der Waals surface area contributed by atoms with E-state index in [1.165, 1.54) is 149 Å². The van der Waals surface area contributed by atoms with Gasteiger partial charge in [-0.05, 0) is 6.42 Å². The van der Waals surface area contributed by atoms with Gasteiger partial charge in [-0.25, -0.2) is 28.6 Å². The first-order valence-corrected chi connectivity index (χ1v) is 32.6. The summed E-state index contributed by atoms with van der Waals surface area (Å²) in [7, 11) is -16.4. The number of nitrogens with zero attached hydrogens (tertiary/aromatic N) is 4. The molecule has 76 heavy (non-hydrogen) atoms. The number of nitrogens with one attached hydrogen (secondary N) is 2. The van der Waals surface area contributed by atoms with E-state index in [0.717, 1.165) is 48.2 Å². The first-order valence-electron chi connectivity index (χ1n) is 27.1. The summed E-state index contributed by atoms with van der Waals surface area (Å²) in [5, 5.41) is 26.8. The number of thioether (sulfide) groups is 1. The summed E-state index contributed by atoms with van der Waals surface area (Å²) >= 11 is 1.16. The quantitative estimate of drug-likeness (QED) is 0.0222. The van der Waals surface area contributed by atoms with Gasteiger partial charge in [0.1, 0.15) is 36.3 Å². The highest BCUT2D eigenvalue weighted by molar-refractivity contribution is 8.13. The molecule has 10 N–H and O–H groups in total. The number of amides is 2. The van der Waals surface area contributed by atoms with Crippen LogP contribution in [0.1, 0.15) is 194 Å². The Morgan fingerprint density at radius 1 is 0.750 bits per heavy atom. The predicted octanol–water partition coefficient (Wildman–Crippen LogP) is 8.44. The summed E-state index contributed by atoms with van der Waals surface area (Å²) in [6.07, 6.45) is 25.2. The number of hydrogen-bond acceptors (Lipinski definition) is 18. The number of anilines is 1. The molecule has 24 nitrogen and oxygen atoms in total. The molecular formula is C48H88N7O17P3S. The summed E-state index contributed by atoms with van der Waals surface area (Å²) in [4.78, 5) is 88.7. The molecule has 3 heterocycles. The van der Waals surface area contributed by atoms with Crippen LogP contribution in [-0.2, 0) is 50.7 Å². The molecule has 2 amide bonds. The molecule has 28 heteroatoms. The van der Waals surface area contributed by atoms with Gasteiger partial charge in [0.25, 0.3) is 0 Å². The minimum atomic E-state index is -5.58. The van der Waals surface area contributed by atoms with Gasteiger partial charge in [-0.2, -0.15) is 4.31 Å². The van der Waals surface area contributed by atoms with Gasteiger partial charge in [0.05, 0.1) is 19.5 Å². The van der Waals surface area contributed by atoms with Crippen LogP contribution in [0.3, 0.4) is 0 Å². The van der Waals surface area contributed by atoms with Crippen molar-refractivity contribution < 1.29 is 80.5 Å². The molecule has 3 rings (SSSR count). The fourth-order valence-electron chi connectivity index (χ4n) is 8.60. The summed E-state index contributed by atoms with van der Waals surface area (Å²) in [6, 6.07) is 0. The molecule has 0 radical (unpaired) electrons.